The Morgan fingerprint density at radius 3 is 1.73 bits per heavy atom. The summed E-state index contributed by atoms with van der Waals surface area (Å²) in [6.07, 6.45) is 4.14. The molecule has 3 heterocycles. The van der Waals surface area contributed by atoms with Gasteiger partial charge < -0.3 is 4.98 Å². The molecule has 0 spiro atoms. The van der Waals surface area contributed by atoms with Gasteiger partial charge >= 0.3 is 0 Å². The third kappa shape index (κ3) is 1.54. The maximum absolute atomic E-state index is 3.19. The molecular formula is C12H9NS2. The monoisotopic (exact) mass is 231 g/mol. The van der Waals surface area contributed by atoms with Crippen molar-refractivity contribution in [2.45, 2.75) is 0 Å². The summed E-state index contributed by atoms with van der Waals surface area (Å²) >= 11 is 3.55. The van der Waals surface area contributed by atoms with Crippen LogP contribution in [0.15, 0.2) is 47.4 Å². The van der Waals surface area contributed by atoms with Crippen LogP contribution in [0.2, 0.25) is 0 Å². The van der Waals surface area contributed by atoms with Crippen molar-refractivity contribution in [2.75, 3.05) is 0 Å². The molecular weight excluding hydrogens is 222 g/mol. The van der Waals surface area contributed by atoms with Gasteiger partial charge in [0.25, 0.3) is 0 Å². The van der Waals surface area contributed by atoms with Gasteiger partial charge in [0.05, 0.1) is 0 Å². The second kappa shape index (κ2) is 3.68. The molecule has 0 amide bonds. The minimum Gasteiger partial charge on any atom is -0.366 e. The summed E-state index contributed by atoms with van der Waals surface area (Å²) in [6, 6.07) is 8.49. The lowest BCUT2D eigenvalue weighted by Gasteiger charge is -1.97. The molecule has 0 aliphatic heterocycles. The molecule has 74 valence electrons. The Kier molecular flexibility index (Phi) is 2.19. The molecule has 0 bridgehead atoms. The molecule has 0 aliphatic carbocycles. The zero-order valence-corrected chi connectivity index (χ0v) is 9.57. The Labute approximate surface area is 96.0 Å². The molecule has 3 aromatic heterocycles. The molecule has 3 rings (SSSR count). The minimum absolute atomic E-state index is 1.30. The van der Waals surface area contributed by atoms with E-state index in [0.29, 0.717) is 0 Å². The lowest BCUT2D eigenvalue weighted by molar-refractivity contribution is 1.42. The molecule has 1 N–H and O–H groups in total. The fourth-order valence-electron chi connectivity index (χ4n) is 1.64. The Balaban J connectivity index is 2.15. The maximum Gasteiger partial charge on any atom is 0.0364 e. The SMILES string of the molecule is c1csc(-c2c[nH]cc2-c2cccs2)c1. The van der Waals surface area contributed by atoms with Crippen LogP contribution in [0, 0.1) is 0 Å². The lowest BCUT2D eigenvalue weighted by atomic mass is 10.1. The van der Waals surface area contributed by atoms with Crippen LogP contribution in [0.4, 0.5) is 0 Å². The van der Waals surface area contributed by atoms with Crippen LogP contribution in [-0.2, 0) is 0 Å². The van der Waals surface area contributed by atoms with Crippen molar-refractivity contribution in [1.82, 2.24) is 4.98 Å². The predicted octanol–water partition coefficient (Wildman–Crippen LogP) is 4.47. The number of H-pyrrole nitrogens is 1. The summed E-state index contributed by atoms with van der Waals surface area (Å²) in [4.78, 5) is 5.83. The van der Waals surface area contributed by atoms with Crippen LogP contribution in [0.3, 0.4) is 0 Å². The molecule has 15 heavy (non-hydrogen) atoms. The van der Waals surface area contributed by atoms with Crippen LogP contribution < -0.4 is 0 Å². The fraction of sp³-hybridized carbons (Fsp3) is 0. The second-order valence-electron chi connectivity index (χ2n) is 3.24. The summed E-state index contributed by atoms with van der Waals surface area (Å²) in [7, 11) is 0. The molecule has 0 saturated carbocycles. The number of nitrogens with one attached hydrogen (secondary N) is 1. The van der Waals surface area contributed by atoms with Crippen molar-refractivity contribution in [1.29, 1.82) is 0 Å². The first-order valence-corrected chi connectivity index (χ1v) is 6.45. The van der Waals surface area contributed by atoms with Crippen molar-refractivity contribution in [2.24, 2.45) is 0 Å². The summed E-state index contributed by atoms with van der Waals surface area (Å²) in [5.74, 6) is 0. The standard InChI is InChI=1S/C12H9NS2/c1-3-11(14-5-1)9-7-13-8-10(9)12-4-2-6-15-12/h1-8,13H. The van der Waals surface area contributed by atoms with E-state index in [0.717, 1.165) is 0 Å². The van der Waals surface area contributed by atoms with Crippen molar-refractivity contribution < 1.29 is 0 Å². The summed E-state index contributed by atoms with van der Waals surface area (Å²) in [5.41, 5.74) is 2.60. The zero-order chi connectivity index (χ0) is 10.1. The molecule has 0 aliphatic rings. The van der Waals surface area contributed by atoms with Crippen molar-refractivity contribution in [3.05, 3.63) is 47.4 Å². The van der Waals surface area contributed by atoms with E-state index < -0.39 is 0 Å². The molecule has 0 radical (unpaired) electrons. The van der Waals surface area contributed by atoms with Gasteiger partial charge in [-0.05, 0) is 22.9 Å². The maximum atomic E-state index is 3.19. The predicted molar refractivity (Wildman–Crippen MR) is 67.4 cm³/mol. The Morgan fingerprint density at radius 2 is 1.33 bits per heavy atom. The second-order valence-corrected chi connectivity index (χ2v) is 5.13. The Morgan fingerprint density at radius 1 is 0.800 bits per heavy atom. The molecule has 0 saturated heterocycles. The minimum atomic E-state index is 1.30. The van der Waals surface area contributed by atoms with Gasteiger partial charge in [0.15, 0.2) is 0 Å². The number of thiophene rings is 2. The number of rotatable bonds is 2. The number of aromatic amines is 1. The molecule has 0 atom stereocenters. The molecule has 3 aromatic rings. The first kappa shape index (κ1) is 8.95. The van der Waals surface area contributed by atoms with Crippen molar-refractivity contribution >= 4 is 22.7 Å². The number of hydrogen-bond donors (Lipinski definition) is 1. The highest BCUT2D eigenvalue weighted by atomic mass is 32.1. The van der Waals surface area contributed by atoms with E-state index in [1.54, 1.807) is 22.7 Å². The summed E-state index contributed by atoms with van der Waals surface area (Å²) < 4.78 is 0. The van der Waals surface area contributed by atoms with E-state index in [1.807, 2.05) is 0 Å². The average Bonchev–Trinajstić information content (AvgIpc) is 3.01. The van der Waals surface area contributed by atoms with Gasteiger partial charge in [0.1, 0.15) is 0 Å². The molecule has 3 heteroatoms. The Bertz CT molecular complexity index is 483. The van der Waals surface area contributed by atoms with E-state index in [-0.39, 0.29) is 0 Å². The first-order valence-electron chi connectivity index (χ1n) is 4.70. The smallest absolute Gasteiger partial charge is 0.0364 e. The van der Waals surface area contributed by atoms with Gasteiger partial charge in [-0.1, -0.05) is 12.1 Å². The third-order valence-electron chi connectivity index (χ3n) is 2.32. The van der Waals surface area contributed by atoms with Crippen molar-refractivity contribution in [3.8, 4) is 20.9 Å². The largest absolute Gasteiger partial charge is 0.366 e. The van der Waals surface area contributed by atoms with Gasteiger partial charge in [0, 0.05) is 33.3 Å². The molecule has 0 unspecified atom stereocenters. The van der Waals surface area contributed by atoms with Crippen LogP contribution in [0.5, 0.6) is 0 Å². The van der Waals surface area contributed by atoms with Crippen LogP contribution in [0.25, 0.3) is 20.9 Å². The third-order valence-corrected chi connectivity index (χ3v) is 4.13. The fourth-order valence-corrected chi connectivity index (χ4v) is 3.15. The highest BCUT2D eigenvalue weighted by molar-refractivity contribution is 7.14. The van der Waals surface area contributed by atoms with E-state index in [2.05, 4.69) is 52.4 Å². The van der Waals surface area contributed by atoms with Gasteiger partial charge in [-0.3, -0.25) is 0 Å². The highest BCUT2D eigenvalue weighted by Crippen LogP contribution is 2.36. The van der Waals surface area contributed by atoms with E-state index in [1.165, 1.54) is 20.9 Å². The van der Waals surface area contributed by atoms with Gasteiger partial charge in [0.2, 0.25) is 0 Å². The molecule has 1 nitrogen and oxygen atoms in total. The lowest BCUT2D eigenvalue weighted by Crippen LogP contribution is -1.71. The summed E-state index contributed by atoms with van der Waals surface area (Å²) in [5, 5.41) is 4.22. The first-order chi connectivity index (χ1) is 7.45. The molecule has 0 aromatic carbocycles. The Hall–Kier alpha value is -1.32. The van der Waals surface area contributed by atoms with E-state index in [4.69, 9.17) is 0 Å². The quantitative estimate of drug-likeness (QED) is 0.669. The van der Waals surface area contributed by atoms with Crippen LogP contribution in [-0.4, -0.2) is 4.98 Å². The van der Waals surface area contributed by atoms with Gasteiger partial charge in [-0.2, -0.15) is 0 Å². The number of hydrogen-bond acceptors (Lipinski definition) is 2. The van der Waals surface area contributed by atoms with Crippen molar-refractivity contribution in [3.63, 3.8) is 0 Å². The van der Waals surface area contributed by atoms with Crippen LogP contribution in [0.1, 0.15) is 0 Å². The van der Waals surface area contributed by atoms with E-state index in [9.17, 15) is 0 Å². The normalized spacial score (nSPS) is 10.7. The van der Waals surface area contributed by atoms with E-state index >= 15 is 0 Å². The van der Waals surface area contributed by atoms with Gasteiger partial charge in [-0.15, -0.1) is 22.7 Å². The zero-order valence-electron chi connectivity index (χ0n) is 7.94. The highest BCUT2D eigenvalue weighted by Gasteiger charge is 2.09. The van der Waals surface area contributed by atoms with Gasteiger partial charge in [-0.25, -0.2) is 0 Å². The topological polar surface area (TPSA) is 15.8 Å². The summed E-state index contributed by atoms with van der Waals surface area (Å²) in [6.45, 7) is 0. The molecule has 0 fully saturated rings. The van der Waals surface area contributed by atoms with Crippen LogP contribution >= 0.6 is 22.7 Å². The average molecular weight is 231 g/mol. The number of aromatic nitrogens is 1.